The van der Waals surface area contributed by atoms with Crippen molar-refractivity contribution in [1.82, 2.24) is 13.6 Å². The van der Waals surface area contributed by atoms with Crippen molar-refractivity contribution in [2.45, 2.75) is 0 Å². The van der Waals surface area contributed by atoms with Crippen molar-refractivity contribution < 1.29 is 0 Å². The van der Waals surface area contributed by atoms with Crippen LogP contribution >= 0.6 is 0 Å². The second-order valence-corrected chi connectivity index (χ2v) is 12.5. The van der Waals surface area contributed by atoms with Gasteiger partial charge in [0.2, 0.25) is 0 Å². The van der Waals surface area contributed by atoms with Gasteiger partial charge in [0.25, 0.3) is 11.1 Å². The zero-order valence-corrected chi connectivity index (χ0v) is 24.9. The van der Waals surface area contributed by atoms with Gasteiger partial charge < -0.3 is 4.57 Å². The molecule has 3 aromatic heterocycles. The highest BCUT2D eigenvalue weighted by Gasteiger charge is 2.27. The third-order valence-corrected chi connectivity index (χ3v) is 10.1. The van der Waals surface area contributed by atoms with Gasteiger partial charge in [-0.05, 0) is 80.6 Å². The molecule has 1 aliphatic rings. The summed E-state index contributed by atoms with van der Waals surface area (Å²) in [4.78, 5) is 28.5. The SMILES string of the molecule is O=c1c2cc3c(cc2n2c4cc5c6c(cccc6c4c(=O)n12)-c1ccccc1-5)c1ccccc1n3-c1cccc(-c2ccccc2)c1. The molecule has 0 N–H and O–H groups in total. The maximum atomic E-state index is 14.3. The van der Waals surface area contributed by atoms with Crippen molar-refractivity contribution in [3.05, 3.63) is 160 Å². The molecule has 3 heterocycles. The fourth-order valence-electron chi connectivity index (χ4n) is 8.17. The van der Waals surface area contributed by atoms with Crippen molar-refractivity contribution in [2.24, 2.45) is 0 Å². The molecule has 0 amide bonds. The lowest BCUT2D eigenvalue weighted by Gasteiger charge is -2.10. The molecule has 1 aliphatic carbocycles. The van der Waals surface area contributed by atoms with Gasteiger partial charge in [0.1, 0.15) is 0 Å². The number of benzene rings is 7. The molecule has 7 aromatic carbocycles. The largest absolute Gasteiger partial charge is 0.309 e. The van der Waals surface area contributed by atoms with Crippen LogP contribution in [0.4, 0.5) is 0 Å². The minimum atomic E-state index is -0.304. The van der Waals surface area contributed by atoms with E-state index in [2.05, 4.69) is 108 Å². The predicted molar refractivity (Wildman–Crippen MR) is 191 cm³/mol. The Kier molecular flexibility index (Phi) is 4.55. The van der Waals surface area contributed by atoms with Gasteiger partial charge in [0.05, 0.1) is 32.8 Å². The number of hydrogen-bond acceptors (Lipinski definition) is 2. The molecule has 0 unspecified atom stereocenters. The summed E-state index contributed by atoms with van der Waals surface area (Å²) in [6, 6.07) is 47.9. The quantitative estimate of drug-likeness (QED) is 0.198. The number of hydrogen-bond donors (Lipinski definition) is 0. The lowest BCUT2D eigenvalue weighted by atomic mass is 10.00. The lowest BCUT2D eigenvalue weighted by Crippen LogP contribution is -2.21. The third kappa shape index (κ3) is 3.03. The smallest absolute Gasteiger partial charge is 0.283 e. The molecule has 0 saturated carbocycles. The first-order valence-electron chi connectivity index (χ1n) is 15.8. The van der Waals surface area contributed by atoms with Crippen molar-refractivity contribution >= 4 is 54.4 Å². The van der Waals surface area contributed by atoms with Crippen LogP contribution in [0.3, 0.4) is 0 Å². The Morgan fingerprint density at radius 3 is 1.91 bits per heavy atom. The summed E-state index contributed by atoms with van der Waals surface area (Å²) in [6.45, 7) is 0. The van der Waals surface area contributed by atoms with Crippen molar-refractivity contribution in [3.63, 3.8) is 0 Å². The molecule has 218 valence electrons. The van der Waals surface area contributed by atoms with Crippen LogP contribution in [0.2, 0.25) is 0 Å². The molecule has 0 atom stereocenters. The van der Waals surface area contributed by atoms with Gasteiger partial charge in [-0.1, -0.05) is 103 Å². The Balaban J connectivity index is 1.26. The molecule has 5 nitrogen and oxygen atoms in total. The van der Waals surface area contributed by atoms with Crippen molar-refractivity contribution in [3.8, 4) is 39.1 Å². The molecular formula is C42H23N3O2. The lowest BCUT2D eigenvalue weighted by molar-refractivity contribution is 0.841. The second kappa shape index (κ2) is 8.62. The van der Waals surface area contributed by atoms with E-state index in [0.29, 0.717) is 10.8 Å². The zero-order valence-electron chi connectivity index (χ0n) is 24.9. The summed E-state index contributed by atoms with van der Waals surface area (Å²) >= 11 is 0. The van der Waals surface area contributed by atoms with Gasteiger partial charge in [-0.2, -0.15) is 4.52 Å². The minimum absolute atomic E-state index is 0.283. The fourth-order valence-corrected chi connectivity index (χ4v) is 8.17. The fraction of sp³-hybridized carbons (Fsp3) is 0. The van der Waals surface area contributed by atoms with Crippen LogP contribution in [0.15, 0.2) is 149 Å². The van der Waals surface area contributed by atoms with Crippen molar-refractivity contribution in [1.29, 1.82) is 0 Å². The van der Waals surface area contributed by atoms with E-state index in [4.69, 9.17) is 0 Å². The van der Waals surface area contributed by atoms with Crippen LogP contribution in [-0.2, 0) is 0 Å². The summed E-state index contributed by atoms with van der Waals surface area (Å²) in [5, 5.41) is 5.17. The molecular weight excluding hydrogens is 578 g/mol. The predicted octanol–water partition coefficient (Wildman–Crippen LogP) is 9.07. The molecule has 0 radical (unpaired) electrons. The van der Waals surface area contributed by atoms with Crippen LogP contribution in [0, 0.1) is 0 Å². The van der Waals surface area contributed by atoms with E-state index in [9.17, 15) is 9.59 Å². The van der Waals surface area contributed by atoms with E-state index in [-0.39, 0.29) is 11.1 Å². The van der Waals surface area contributed by atoms with Crippen LogP contribution in [0.5, 0.6) is 0 Å². The van der Waals surface area contributed by atoms with Gasteiger partial charge in [0.15, 0.2) is 0 Å². The highest BCUT2D eigenvalue weighted by Crippen LogP contribution is 2.49. The molecule has 0 bridgehead atoms. The average Bonchev–Trinajstić information content (AvgIpc) is 3.81. The number of rotatable bonds is 2. The number of para-hydroxylation sites is 1. The Morgan fingerprint density at radius 2 is 1.04 bits per heavy atom. The first-order valence-corrected chi connectivity index (χ1v) is 15.8. The topological polar surface area (TPSA) is 47.9 Å². The Bertz CT molecular complexity index is 3110. The van der Waals surface area contributed by atoms with Gasteiger partial charge in [0, 0.05) is 16.5 Å². The number of nitrogens with zero attached hydrogens (tertiary/aromatic N) is 3. The number of fused-ring (bicyclic) bond motifs is 12. The average molecular weight is 602 g/mol. The van der Waals surface area contributed by atoms with Crippen LogP contribution < -0.4 is 11.1 Å². The molecule has 5 heteroatoms. The van der Waals surface area contributed by atoms with E-state index in [1.807, 2.05) is 40.9 Å². The van der Waals surface area contributed by atoms with E-state index >= 15 is 0 Å². The first-order chi connectivity index (χ1) is 23.2. The molecule has 0 aliphatic heterocycles. The van der Waals surface area contributed by atoms with Crippen LogP contribution in [-0.4, -0.2) is 13.6 Å². The normalized spacial score (nSPS) is 12.4. The van der Waals surface area contributed by atoms with E-state index in [0.717, 1.165) is 77.1 Å². The Morgan fingerprint density at radius 1 is 0.362 bits per heavy atom. The molecule has 47 heavy (non-hydrogen) atoms. The highest BCUT2D eigenvalue weighted by atomic mass is 16.2. The Labute approximate surface area is 266 Å². The molecule has 0 spiro atoms. The van der Waals surface area contributed by atoms with Crippen LogP contribution in [0.25, 0.3) is 93.5 Å². The summed E-state index contributed by atoms with van der Waals surface area (Å²) in [6.07, 6.45) is 0. The van der Waals surface area contributed by atoms with E-state index < -0.39 is 0 Å². The summed E-state index contributed by atoms with van der Waals surface area (Å²) in [5.41, 5.74) is 10.7. The second-order valence-electron chi connectivity index (χ2n) is 12.5. The van der Waals surface area contributed by atoms with Gasteiger partial charge in [-0.15, -0.1) is 0 Å². The molecule has 0 fully saturated rings. The van der Waals surface area contributed by atoms with Gasteiger partial charge >= 0.3 is 0 Å². The first kappa shape index (κ1) is 24.8. The van der Waals surface area contributed by atoms with E-state index in [1.54, 1.807) is 0 Å². The van der Waals surface area contributed by atoms with Crippen LogP contribution in [0.1, 0.15) is 0 Å². The summed E-state index contributed by atoms with van der Waals surface area (Å²) < 4.78 is 5.41. The molecule has 0 saturated heterocycles. The monoisotopic (exact) mass is 601 g/mol. The summed E-state index contributed by atoms with van der Waals surface area (Å²) in [7, 11) is 0. The molecule has 10 aromatic rings. The maximum absolute atomic E-state index is 14.3. The third-order valence-electron chi connectivity index (χ3n) is 10.1. The van der Waals surface area contributed by atoms with Gasteiger partial charge in [-0.25, -0.2) is 4.52 Å². The standard InChI is InChI=1S/C42H23N3O2/c46-41-34-23-36-32(29-16-6-7-19-35(29)43(36)26-13-8-12-25(20-26)24-10-2-1-3-11-24)21-37(34)44-38-22-33-28-15-5-4-14-27(28)30-17-9-18-31(39(30)33)40(38)42(47)45(41)44/h1-23H. The van der Waals surface area contributed by atoms with Crippen molar-refractivity contribution in [2.75, 3.05) is 0 Å². The van der Waals surface area contributed by atoms with Gasteiger partial charge in [-0.3, -0.25) is 9.59 Å². The molecule has 11 rings (SSSR count). The Hall–Kier alpha value is -6.46. The van der Waals surface area contributed by atoms with E-state index in [1.165, 1.54) is 10.1 Å². The summed E-state index contributed by atoms with van der Waals surface area (Å²) in [5.74, 6) is 0. The number of aromatic nitrogens is 3. The zero-order chi connectivity index (χ0) is 31.0. The maximum Gasteiger partial charge on any atom is 0.283 e. The minimum Gasteiger partial charge on any atom is -0.309 e. The highest BCUT2D eigenvalue weighted by molar-refractivity contribution is 6.23.